The number of halogens is 1. The molecule has 4 fully saturated rings. The predicted molar refractivity (Wildman–Crippen MR) is 106 cm³/mol. The summed E-state index contributed by atoms with van der Waals surface area (Å²) in [5, 5.41) is 10.9. The fourth-order valence-electron chi connectivity index (χ4n) is 7.78. The van der Waals surface area contributed by atoms with Crippen LogP contribution in [0.4, 0.5) is 0 Å². The highest BCUT2D eigenvalue weighted by Crippen LogP contribution is 2.67. The highest BCUT2D eigenvalue weighted by molar-refractivity contribution is 14.1. The van der Waals surface area contributed by atoms with E-state index in [9.17, 15) is 5.11 Å². The molecule has 1 N–H and O–H groups in total. The Balaban J connectivity index is 1.58. The number of aliphatic hydroxyl groups is 1. The van der Waals surface area contributed by atoms with E-state index in [-0.39, 0.29) is 5.60 Å². The standard InChI is InChI=1S/C21H35IO2/c1-19-10-11-21(23,13-22)12-14(19)4-5-15-16-6-7-18(24-3)20(16,2)9-8-17(15)19/h14-18,23H,4-13H2,1-3H3/t14?,15?,16?,17?,18-,19-,20-,21+/m0/s1. The van der Waals surface area contributed by atoms with E-state index in [0.717, 1.165) is 40.9 Å². The second kappa shape index (κ2) is 6.09. The molecule has 3 heteroatoms. The molecule has 0 aromatic rings. The predicted octanol–water partition coefficient (Wildman–Crippen LogP) is 5.21. The highest BCUT2D eigenvalue weighted by Gasteiger charge is 2.61. The zero-order valence-electron chi connectivity index (χ0n) is 15.7. The van der Waals surface area contributed by atoms with Gasteiger partial charge in [-0.1, -0.05) is 36.4 Å². The first-order chi connectivity index (χ1) is 11.4. The van der Waals surface area contributed by atoms with Crippen LogP contribution in [0.5, 0.6) is 0 Å². The van der Waals surface area contributed by atoms with Gasteiger partial charge in [0.1, 0.15) is 0 Å². The lowest BCUT2D eigenvalue weighted by Crippen LogP contribution is -2.56. The van der Waals surface area contributed by atoms with Gasteiger partial charge in [-0.15, -0.1) is 0 Å². The Morgan fingerprint density at radius 1 is 0.958 bits per heavy atom. The molecule has 8 atom stereocenters. The van der Waals surface area contributed by atoms with Crippen molar-refractivity contribution < 1.29 is 9.84 Å². The summed E-state index contributed by atoms with van der Waals surface area (Å²) in [5.41, 5.74) is 0.527. The summed E-state index contributed by atoms with van der Waals surface area (Å²) in [5.74, 6) is 3.43. The molecule has 4 aliphatic rings. The van der Waals surface area contributed by atoms with Gasteiger partial charge in [-0.3, -0.25) is 0 Å². The first-order valence-corrected chi connectivity index (χ1v) is 11.7. The van der Waals surface area contributed by atoms with Gasteiger partial charge in [-0.2, -0.15) is 0 Å². The Morgan fingerprint density at radius 3 is 2.42 bits per heavy atom. The van der Waals surface area contributed by atoms with Crippen molar-refractivity contribution in [1.29, 1.82) is 0 Å². The molecular formula is C21H35IO2. The third-order valence-corrected chi connectivity index (χ3v) is 10.7. The molecule has 0 radical (unpaired) electrons. The van der Waals surface area contributed by atoms with Crippen molar-refractivity contribution in [3.8, 4) is 0 Å². The first kappa shape index (κ1) is 18.0. The second-order valence-corrected chi connectivity index (χ2v) is 10.8. The minimum atomic E-state index is -0.380. The average Bonchev–Trinajstić information content (AvgIpc) is 2.92. The summed E-state index contributed by atoms with van der Waals surface area (Å²) in [7, 11) is 1.93. The van der Waals surface area contributed by atoms with E-state index in [1.54, 1.807) is 0 Å². The van der Waals surface area contributed by atoms with Crippen LogP contribution >= 0.6 is 22.6 Å². The summed E-state index contributed by atoms with van der Waals surface area (Å²) >= 11 is 2.39. The van der Waals surface area contributed by atoms with E-state index in [4.69, 9.17) is 4.74 Å². The van der Waals surface area contributed by atoms with Crippen LogP contribution in [0.2, 0.25) is 0 Å². The average molecular weight is 446 g/mol. The monoisotopic (exact) mass is 446 g/mol. The summed E-state index contributed by atoms with van der Waals surface area (Å²) < 4.78 is 6.81. The molecule has 0 spiro atoms. The lowest BCUT2D eigenvalue weighted by Gasteiger charge is -2.62. The van der Waals surface area contributed by atoms with E-state index < -0.39 is 0 Å². The van der Waals surface area contributed by atoms with Crippen LogP contribution in [0, 0.1) is 34.5 Å². The Hall–Kier alpha value is 0.650. The number of ether oxygens (including phenoxy) is 1. The number of hydrogen-bond donors (Lipinski definition) is 1. The van der Waals surface area contributed by atoms with Gasteiger partial charge in [0.2, 0.25) is 0 Å². The maximum Gasteiger partial charge on any atom is 0.0739 e. The van der Waals surface area contributed by atoms with E-state index >= 15 is 0 Å². The quantitative estimate of drug-likeness (QED) is 0.466. The largest absolute Gasteiger partial charge is 0.389 e. The molecule has 4 aliphatic carbocycles. The molecule has 2 nitrogen and oxygen atoms in total. The molecule has 24 heavy (non-hydrogen) atoms. The summed E-state index contributed by atoms with van der Waals surface area (Å²) in [4.78, 5) is 0. The van der Waals surface area contributed by atoms with Crippen molar-refractivity contribution in [3.05, 3.63) is 0 Å². The first-order valence-electron chi connectivity index (χ1n) is 10.2. The van der Waals surface area contributed by atoms with Gasteiger partial charge in [0.25, 0.3) is 0 Å². The lowest BCUT2D eigenvalue weighted by atomic mass is 9.44. The number of methoxy groups -OCH3 is 1. The van der Waals surface area contributed by atoms with Crippen molar-refractivity contribution in [2.75, 3.05) is 11.5 Å². The SMILES string of the molecule is CO[C@H]1CCC2C3CCC4C[C@@](O)(CI)CC[C@]4(C)C3CC[C@@]21C. The van der Waals surface area contributed by atoms with E-state index in [1.165, 1.54) is 44.9 Å². The Morgan fingerprint density at radius 2 is 1.71 bits per heavy atom. The van der Waals surface area contributed by atoms with Crippen LogP contribution < -0.4 is 0 Å². The molecule has 4 saturated carbocycles. The molecule has 0 amide bonds. The molecule has 0 aromatic carbocycles. The van der Waals surface area contributed by atoms with Gasteiger partial charge in [0.15, 0.2) is 0 Å². The third kappa shape index (κ3) is 2.46. The molecule has 4 unspecified atom stereocenters. The Labute approximate surface area is 161 Å². The molecule has 0 aliphatic heterocycles. The third-order valence-electron chi connectivity index (χ3n) is 9.27. The zero-order valence-corrected chi connectivity index (χ0v) is 17.8. The van der Waals surface area contributed by atoms with Crippen molar-refractivity contribution in [2.24, 2.45) is 34.5 Å². The van der Waals surface area contributed by atoms with E-state index in [2.05, 4.69) is 36.4 Å². The minimum Gasteiger partial charge on any atom is -0.389 e. The van der Waals surface area contributed by atoms with Crippen LogP contribution in [0.25, 0.3) is 0 Å². The minimum absolute atomic E-state index is 0.380. The van der Waals surface area contributed by atoms with Crippen LogP contribution in [0.3, 0.4) is 0 Å². The van der Waals surface area contributed by atoms with Gasteiger partial charge in [0, 0.05) is 11.5 Å². The van der Waals surface area contributed by atoms with Gasteiger partial charge in [-0.05, 0) is 92.3 Å². The summed E-state index contributed by atoms with van der Waals surface area (Å²) in [6.45, 7) is 5.12. The number of rotatable bonds is 2. The molecule has 0 bridgehead atoms. The smallest absolute Gasteiger partial charge is 0.0739 e. The highest BCUT2D eigenvalue weighted by atomic mass is 127. The van der Waals surface area contributed by atoms with Crippen LogP contribution in [-0.4, -0.2) is 28.3 Å². The molecule has 138 valence electrons. The topological polar surface area (TPSA) is 29.5 Å². The van der Waals surface area contributed by atoms with Crippen LogP contribution in [0.15, 0.2) is 0 Å². The zero-order chi connectivity index (χ0) is 17.2. The Kier molecular flexibility index (Phi) is 4.57. The molecule has 0 aromatic heterocycles. The van der Waals surface area contributed by atoms with Gasteiger partial charge >= 0.3 is 0 Å². The number of hydrogen-bond acceptors (Lipinski definition) is 2. The summed E-state index contributed by atoms with van der Waals surface area (Å²) in [6.07, 6.45) is 12.0. The van der Waals surface area contributed by atoms with Gasteiger partial charge < -0.3 is 9.84 Å². The molecule has 4 rings (SSSR count). The molecule has 0 saturated heterocycles. The maximum absolute atomic E-state index is 10.9. The van der Waals surface area contributed by atoms with Crippen LogP contribution in [0.1, 0.15) is 71.6 Å². The second-order valence-electron chi connectivity index (χ2n) is 10.1. The fraction of sp³-hybridized carbons (Fsp3) is 1.00. The number of fused-ring (bicyclic) bond motifs is 5. The van der Waals surface area contributed by atoms with Crippen molar-refractivity contribution in [3.63, 3.8) is 0 Å². The van der Waals surface area contributed by atoms with Gasteiger partial charge in [0.05, 0.1) is 11.7 Å². The lowest BCUT2D eigenvalue weighted by molar-refractivity contribution is -0.151. The van der Waals surface area contributed by atoms with E-state index in [1.807, 2.05) is 7.11 Å². The Bertz CT molecular complexity index is 496. The van der Waals surface area contributed by atoms with Crippen molar-refractivity contribution in [2.45, 2.75) is 83.3 Å². The molecule has 0 heterocycles. The summed E-state index contributed by atoms with van der Waals surface area (Å²) in [6, 6.07) is 0. The fourth-order valence-corrected chi connectivity index (χ4v) is 8.48. The van der Waals surface area contributed by atoms with Crippen LogP contribution in [-0.2, 0) is 4.74 Å². The molecular weight excluding hydrogens is 411 g/mol. The number of alkyl halides is 1. The van der Waals surface area contributed by atoms with Crippen molar-refractivity contribution in [1.82, 2.24) is 0 Å². The van der Waals surface area contributed by atoms with Crippen molar-refractivity contribution >= 4 is 22.6 Å². The van der Waals surface area contributed by atoms with E-state index in [0.29, 0.717) is 16.9 Å². The van der Waals surface area contributed by atoms with Gasteiger partial charge in [-0.25, -0.2) is 0 Å². The maximum atomic E-state index is 10.9. The normalized spacial score (nSPS) is 57.1.